The summed E-state index contributed by atoms with van der Waals surface area (Å²) in [7, 11) is 2.60. The second-order valence-corrected chi connectivity index (χ2v) is 7.89. The Balaban J connectivity index is 1.54. The van der Waals surface area contributed by atoms with Crippen molar-refractivity contribution in [1.82, 2.24) is 20.4 Å². The van der Waals surface area contributed by atoms with Crippen LogP contribution >= 0.6 is 0 Å². The molecule has 178 valence electrons. The molecule has 2 aromatic rings. The number of nitrogens with zero attached hydrogens (tertiary/aromatic N) is 2. The molecule has 0 spiro atoms. The number of rotatable bonds is 9. The number of amides is 2. The van der Waals surface area contributed by atoms with E-state index in [1.54, 1.807) is 34.1 Å². The van der Waals surface area contributed by atoms with Gasteiger partial charge in [0.25, 0.3) is 11.8 Å². The molecule has 0 radical (unpaired) electrons. The minimum absolute atomic E-state index is 0.0727. The lowest BCUT2D eigenvalue weighted by molar-refractivity contribution is -0.140. The van der Waals surface area contributed by atoms with Crippen molar-refractivity contribution in [3.63, 3.8) is 0 Å². The lowest BCUT2D eigenvalue weighted by Crippen LogP contribution is -2.46. The lowest BCUT2D eigenvalue weighted by Gasteiger charge is -2.31. The van der Waals surface area contributed by atoms with Gasteiger partial charge < -0.3 is 19.3 Å². The molecule has 0 saturated heterocycles. The predicted octanol–water partition coefficient (Wildman–Crippen LogP) is 0.821. The first kappa shape index (κ1) is 23.4. The van der Waals surface area contributed by atoms with E-state index >= 15 is 0 Å². The minimum atomic E-state index is -0.538. The molecule has 34 heavy (non-hydrogen) atoms. The van der Waals surface area contributed by atoms with Crippen LogP contribution in [0.5, 0.6) is 0 Å². The van der Waals surface area contributed by atoms with Crippen molar-refractivity contribution >= 4 is 23.8 Å². The average Bonchev–Trinajstić information content (AvgIpc) is 3.29. The third-order valence-electron chi connectivity index (χ3n) is 6.03. The summed E-state index contributed by atoms with van der Waals surface area (Å²) in [4.78, 5) is 52.9. The minimum Gasteiger partial charge on any atom is -0.468 e. The molecule has 2 amide bonds. The van der Waals surface area contributed by atoms with Gasteiger partial charge in [0.2, 0.25) is 0 Å². The van der Waals surface area contributed by atoms with E-state index in [4.69, 9.17) is 9.47 Å². The van der Waals surface area contributed by atoms with Gasteiger partial charge in [-0.05, 0) is 12.1 Å². The van der Waals surface area contributed by atoms with E-state index in [-0.39, 0.29) is 38.0 Å². The number of hydrogen-bond donors (Lipinski definition) is 2. The molecule has 10 heteroatoms. The zero-order valence-electron chi connectivity index (χ0n) is 18.9. The molecule has 2 aromatic carbocycles. The van der Waals surface area contributed by atoms with Crippen molar-refractivity contribution in [2.24, 2.45) is 0 Å². The Bertz CT molecular complexity index is 1030. The molecule has 2 aliphatic heterocycles. The molecular weight excluding hydrogens is 440 g/mol. The molecule has 0 bridgehead atoms. The van der Waals surface area contributed by atoms with E-state index in [0.717, 1.165) is 11.1 Å². The molecule has 10 nitrogen and oxygen atoms in total. The number of carbonyl (C=O) groups excluding carboxylic acids is 4. The van der Waals surface area contributed by atoms with Crippen molar-refractivity contribution in [2.75, 3.05) is 40.4 Å². The SMILES string of the molecule is COC(=O)CN[C@@H]1c2ccccc2C(=O)N1CCN1C(=O)c2ccccc2[C@@H]1NCC(=O)OC. The Morgan fingerprint density at radius 2 is 1.12 bits per heavy atom. The van der Waals surface area contributed by atoms with Crippen LogP contribution in [0.4, 0.5) is 0 Å². The number of carbonyl (C=O) groups is 4. The van der Waals surface area contributed by atoms with Crippen LogP contribution in [0.15, 0.2) is 48.5 Å². The summed E-state index contributed by atoms with van der Waals surface area (Å²) in [6.07, 6.45) is -1.08. The van der Waals surface area contributed by atoms with E-state index < -0.39 is 24.3 Å². The Labute approximate surface area is 196 Å². The van der Waals surface area contributed by atoms with Gasteiger partial charge in [0.05, 0.1) is 27.3 Å². The van der Waals surface area contributed by atoms with Crippen molar-refractivity contribution in [3.8, 4) is 0 Å². The zero-order valence-corrected chi connectivity index (χ0v) is 18.9. The Morgan fingerprint density at radius 3 is 1.50 bits per heavy atom. The smallest absolute Gasteiger partial charge is 0.319 e. The first-order valence-electron chi connectivity index (χ1n) is 10.9. The maximum Gasteiger partial charge on any atom is 0.319 e. The molecule has 2 N–H and O–H groups in total. The van der Waals surface area contributed by atoms with Crippen LogP contribution < -0.4 is 10.6 Å². The zero-order chi connectivity index (χ0) is 24.2. The predicted molar refractivity (Wildman–Crippen MR) is 120 cm³/mol. The van der Waals surface area contributed by atoms with Crippen LogP contribution in [-0.4, -0.2) is 74.0 Å². The Kier molecular flexibility index (Phi) is 6.90. The molecule has 0 aromatic heterocycles. The van der Waals surface area contributed by atoms with E-state index in [0.29, 0.717) is 11.1 Å². The highest BCUT2D eigenvalue weighted by Gasteiger charge is 2.40. The molecule has 2 heterocycles. The van der Waals surface area contributed by atoms with Gasteiger partial charge in [-0.25, -0.2) is 0 Å². The van der Waals surface area contributed by atoms with Crippen molar-refractivity contribution in [3.05, 3.63) is 70.8 Å². The molecule has 2 aliphatic rings. The van der Waals surface area contributed by atoms with E-state index in [9.17, 15) is 19.2 Å². The Hall–Kier alpha value is -3.76. The van der Waals surface area contributed by atoms with E-state index in [1.807, 2.05) is 24.3 Å². The van der Waals surface area contributed by atoms with Gasteiger partial charge in [0, 0.05) is 35.3 Å². The highest BCUT2D eigenvalue weighted by Crippen LogP contribution is 2.34. The summed E-state index contributed by atoms with van der Waals surface area (Å²) in [5.74, 6) is -1.29. The van der Waals surface area contributed by atoms with Gasteiger partial charge in [-0.3, -0.25) is 29.8 Å². The molecular formula is C24H26N4O6. The first-order valence-corrected chi connectivity index (χ1v) is 10.9. The van der Waals surface area contributed by atoms with Gasteiger partial charge in [-0.1, -0.05) is 36.4 Å². The second kappa shape index (κ2) is 10.0. The summed E-state index contributed by atoms with van der Waals surface area (Å²) in [5.41, 5.74) is 2.60. The Morgan fingerprint density at radius 1 is 0.735 bits per heavy atom. The number of methoxy groups -OCH3 is 2. The number of benzene rings is 2. The molecule has 0 fully saturated rings. The van der Waals surface area contributed by atoms with Crippen molar-refractivity contribution in [1.29, 1.82) is 0 Å². The normalized spacial score (nSPS) is 18.6. The average molecular weight is 466 g/mol. The van der Waals surface area contributed by atoms with Crippen LogP contribution in [0.2, 0.25) is 0 Å². The fourth-order valence-corrected chi connectivity index (χ4v) is 4.36. The first-order chi connectivity index (χ1) is 16.5. The fourth-order valence-electron chi connectivity index (χ4n) is 4.36. The fraction of sp³-hybridized carbons (Fsp3) is 0.333. The molecule has 2 atom stereocenters. The molecule has 0 unspecified atom stereocenters. The number of fused-ring (bicyclic) bond motifs is 2. The number of esters is 2. The van der Waals surface area contributed by atoms with Crippen molar-refractivity contribution < 1.29 is 28.7 Å². The highest BCUT2D eigenvalue weighted by atomic mass is 16.5. The molecule has 0 saturated carbocycles. The third kappa shape index (κ3) is 4.37. The third-order valence-corrected chi connectivity index (χ3v) is 6.03. The topological polar surface area (TPSA) is 117 Å². The van der Waals surface area contributed by atoms with Crippen LogP contribution in [0.3, 0.4) is 0 Å². The van der Waals surface area contributed by atoms with Gasteiger partial charge in [0.15, 0.2) is 0 Å². The number of nitrogens with one attached hydrogen (secondary N) is 2. The van der Waals surface area contributed by atoms with E-state index in [1.165, 1.54) is 14.2 Å². The summed E-state index contributed by atoms with van der Waals surface area (Å²) >= 11 is 0. The number of ether oxygens (including phenoxy) is 2. The molecule has 4 rings (SSSR count). The summed E-state index contributed by atoms with van der Waals surface area (Å²) in [5, 5.41) is 6.16. The van der Waals surface area contributed by atoms with Gasteiger partial charge >= 0.3 is 11.9 Å². The highest BCUT2D eigenvalue weighted by molar-refractivity contribution is 6.00. The molecule has 0 aliphatic carbocycles. The van der Waals surface area contributed by atoms with Crippen molar-refractivity contribution in [2.45, 2.75) is 12.3 Å². The number of hydrogen-bond acceptors (Lipinski definition) is 8. The summed E-state index contributed by atoms with van der Waals surface area (Å²) in [6, 6.07) is 14.4. The summed E-state index contributed by atoms with van der Waals surface area (Å²) < 4.78 is 9.43. The quantitative estimate of drug-likeness (QED) is 0.522. The van der Waals surface area contributed by atoms with Crippen LogP contribution in [-0.2, 0) is 19.1 Å². The van der Waals surface area contributed by atoms with E-state index in [2.05, 4.69) is 10.6 Å². The van der Waals surface area contributed by atoms with Crippen LogP contribution in [0, 0.1) is 0 Å². The van der Waals surface area contributed by atoms with Gasteiger partial charge in [-0.15, -0.1) is 0 Å². The monoisotopic (exact) mass is 466 g/mol. The summed E-state index contributed by atoms with van der Waals surface area (Å²) in [6.45, 7) is 0.276. The standard InChI is InChI=1S/C24H26N4O6/c1-33-19(29)13-25-21-15-7-3-5-9-17(15)23(31)27(21)11-12-28-22(26-14-20(30)34-2)16-8-4-6-10-18(16)24(28)32/h3-10,21-22,25-26H,11-14H2,1-2H3/t21-,22+. The van der Waals surface area contributed by atoms with Gasteiger partial charge in [-0.2, -0.15) is 0 Å². The van der Waals surface area contributed by atoms with Gasteiger partial charge in [0.1, 0.15) is 12.3 Å². The largest absolute Gasteiger partial charge is 0.468 e. The maximum atomic E-state index is 13.2. The van der Waals surface area contributed by atoms with Crippen LogP contribution in [0.1, 0.15) is 44.2 Å². The lowest BCUT2D eigenvalue weighted by atomic mass is 10.1. The van der Waals surface area contributed by atoms with Crippen LogP contribution in [0.25, 0.3) is 0 Å². The second-order valence-electron chi connectivity index (χ2n) is 7.89. The maximum absolute atomic E-state index is 13.2.